The molecule has 4 nitrogen and oxygen atoms in total. The van der Waals surface area contributed by atoms with Gasteiger partial charge in [-0.2, -0.15) is 0 Å². The van der Waals surface area contributed by atoms with E-state index in [9.17, 15) is 0 Å². The number of hydrogen-bond acceptors (Lipinski definition) is 2. The molecule has 0 saturated carbocycles. The maximum Gasteiger partial charge on any atom is 0.191 e. The highest BCUT2D eigenvalue weighted by molar-refractivity contribution is 14.0. The zero-order valence-electron chi connectivity index (χ0n) is 14.7. The largest absolute Gasteiger partial charge is 0.379 e. The lowest BCUT2D eigenvalue weighted by molar-refractivity contribution is 0.0776. The summed E-state index contributed by atoms with van der Waals surface area (Å²) < 4.78 is 5.51. The van der Waals surface area contributed by atoms with Crippen LogP contribution in [0.4, 0.5) is 0 Å². The number of nitrogens with one attached hydrogen (secondary N) is 2. The van der Waals surface area contributed by atoms with Crippen LogP contribution in [0.3, 0.4) is 0 Å². The lowest BCUT2D eigenvalue weighted by Crippen LogP contribution is -2.42. The second kappa shape index (κ2) is 14.9. The van der Waals surface area contributed by atoms with E-state index in [1.54, 1.807) is 0 Å². The second-order valence-electron chi connectivity index (χ2n) is 6.14. The van der Waals surface area contributed by atoms with Crippen molar-refractivity contribution in [1.82, 2.24) is 10.6 Å². The van der Waals surface area contributed by atoms with E-state index in [0.717, 1.165) is 31.4 Å². The van der Waals surface area contributed by atoms with Gasteiger partial charge in [-0.25, -0.2) is 0 Å². The number of ether oxygens (including phenoxy) is 1. The maximum absolute atomic E-state index is 5.51. The molecule has 0 heterocycles. The van der Waals surface area contributed by atoms with Gasteiger partial charge in [0, 0.05) is 26.2 Å². The third-order valence-corrected chi connectivity index (χ3v) is 3.09. The van der Waals surface area contributed by atoms with Crippen molar-refractivity contribution in [3.63, 3.8) is 0 Å². The zero-order chi connectivity index (χ0) is 15.4. The second-order valence-corrected chi connectivity index (χ2v) is 6.14. The number of nitrogens with zero attached hydrogens (tertiary/aromatic N) is 1. The Kier molecular flexibility index (Phi) is 16.5. The van der Waals surface area contributed by atoms with Crippen molar-refractivity contribution in [2.45, 2.75) is 72.4 Å². The molecule has 0 bridgehead atoms. The van der Waals surface area contributed by atoms with Crippen LogP contribution < -0.4 is 10.6 Å². The van der Waals surface area contributed by atoms with Crippen LogP contribution in [0.1, 0.15) is 60.3 Å². The predicted octanol–water partition coefficient (Wildman–Crippen LogP) is 3.80. The predicted molar refractivity (Wildman–Crippen MR) is 104 cm³/mol. The van der Waals surface area contributed by atoms with E-state index in [1.807, 2.05) is 7.05 Å². The molecule has 1 atom stereocenters. The summed E-state index contributed by atoms with van der Waals surface area (Å²) in [5.41, 5.74) is 0. The molecule has 5 heteroatoms. The Balaban J connectivity index is 0. The fraction of sp³-hybridized carbons (Fsp3) is 0.938. The van der Waals surface area contributed by atoms with E-state index < -0.39 is 0 Å². The van der Waals surface area contributed by atoms with Crippen LogP contribution in [-0.4, -0.2) is 38.3 Å². The van der Waals surface area contributed by atoms with Gasteiger partial charge in [0.15, 0.2) is 5.96 Å². The molecule has 0 aromatic heterocycles. The molecular weight excluding hydrogens is 377 g/mol. The summed E-state index contributed by atoms with van der Waals surface area (Å²) in [4.78, 5) is 4.26. The van der Waals surface area contributed by atoms with Crippen molar-refractivity contribution >= 4 is 29.9 Å². The summed E-state index contributed by atoms with van der Waals surface area (Å²) in [6.45, 7) is 12.6. The van der Waals surface area contributed by atoms with Crippen LogP contribution in [0.5, 0.6) is 0 Å². The summed E-state index contributed by atoms with van der Waals surface area (Å²) >= 11 is 0. The van der Waals surface area contributed by atoms with Crippen LogP contribution in [0.25, 0.3) is 0 Å². The molecule has 0 radical (unpaired) electrons. The number of hydrogen-bond donors (Lipinski definition) is 2. The Morgan fingerprint density at radius 2 is 1.71 bits per heavy atom. The molecule has 1 unspecified atom stereocenters. The Labute approximate surface area is 148 Å². The standard InChI is InChI=1S/C16H35N3O.HI/c1-13(2)9-7-10-15(5)19-16(17-6)18-11-8-12-20-14(3)4;/h13-15H,7-12H2,1-6H3,(H2,17,18,19);1H. The molecule has 0 aromatic carbocycles. The first-order valence-corrected chi connectivity index (χ1v) is 8.04. The van der Waals surface area contributed by atoms with Crippen LogP contribution >= 0.6 is 24.0 Å². The van der Waals surface area contributed by atoms with Crippen molar-refractivity contribution < 1.29 is 4.74 Å². The molecule has 21 heavy (non-hydrogen) atoms. The van der Waals surface area contributed by atoms with E-state index >= 15 is 0 Å². The van der Waals surface area contributed by atoms with E-state index in [4.69, 9.17) is 4.74 Å². The van der Waals surface area contributed by atoms with Gasteiger partial charge in [0.25, 0.3) is 0 Å². The Hall–Kier alpha value is -0.0400. The Morgan fingerprint density at radius 3 is 2.24 bits per heavy atom. The number of guanidine groups is 1. The SMILES string of the molecule is CN=C(NCCCOC(C)C)NC(C)CCCC(C)C.I. The van der Waals surface area contributed by atoms with Gasteiger partial charge >= 0.3 is 0 Å². The van der Waals surface area contributed by atoms with Gasteiger partial charge in [0.1, 0.15) is 0 Å². The van der Waals surface area contributed by atoms with Gasteiger partial charge in [-0.05, 0) is 39.5 Å². The molecule has 2 N–H and O–H groups in total. The van der Waals surface area contributed by atoms with Crippen molar-refractivity contribution in [3.8, 4) is 0 Å². The summed E-state index contributed by atoms with van der Waals surface area (Å²) in [5, 5.41) is 6.77. The van der Waals surface area contributed by atoms with Crippen molar-refractivity contribution in [2.24, 2.45) is 10.9 Å². The Morgan fingerprint density at radius 1 is 1.05 bits per heavy atom. The number of rotatable bonds is 10. The minimum atomic E-state index is 0. The van der Waals surface area contributed by atoms with Crippen molar-refractivity contribution in [1.29, 1.82) is 0 Å². The highest BCUT2D eigenvalue weighted by Crippen LogP contribution is 2.08. The molecule has 0 spiro atoms. The topological polar surface area (TPSA) is 45.7 Å². The van der Waals surface area contributed by atoms with E-state index in [-0.39, 0.29) is 24.0 Å². The molecule has 0 fully saturated rings. The molecule has 0 aliphatic rings. The molecule has 128 valence electrons. The average Bonchev–Trinajstić information content (AvgIpc) is 2.36. The minimum Gasteiger partial charge on any atom is -0.379 e. The van der Waals surface area contributed by atoms with Crippen molar-refractivity contribution in [2.75, 3.05) is 20.2 Å². The van der Waals surface area contributed by atoms with Crippen LogP contribution in [0.2, 0.25) is 0 Å². The first kappa shape index (κ1) is 23.2. The van der Waals surface area contributed by atoms with Gasteiger partial charge in [0.2, 0.25) is 0 Å². The van der Waals surface area contributed by atoms with Crippen LogP contribution in [0.15, 0.2) is 4.99 Å². The fourth-order valence-corrected chi connectivity index (χ4v) is 1.93. The lowest BCUT2D eigenvalue weighted by atomic mass is 10.0. The normalized spacial score (nSPS) is 13.2. The fourth-order valence-electron chi connectivity index (χ4n) is 1.93. The zero-order valence-corrected chi connectivity index (χ0v) is 17.1. The molecular formula is C16H36IN3O. The van der Waals surface area contributed by atoms with Crippen molar-refractivity contribution in [3.05, 3.63) is 0 Å². The highest BCUT2D eigenvalue weighted by atomic mass is 127. The highest BCUT2D eigenvalue weighted by Gasteiger charge is 2.05. The first-order valence-electron chi connectivity index (χ1n) is 8.04. The van der Waals surface area contributed by atoms with Gasteiger partial charge in [-0.3, -0.25) is 4.99 Å². The van der Waals surface area contributed by atoms with E-state index in [0.29, 0.717) is 12.1 Å². The molecule has 0 rings (SSSR count). The monoisotopic (exact) mass is 413 g/mol. The van der Waals surface area contributed by atoms with Gasteiger partial charge in [-0.1, -0.05) is 26.7 Å². The molecule has 0 aromatic rings. The number of halogens is 1. The smallest absolute Gasteiger partial charge is 0.191 e. The summed E-state index contributed by atoms with van der Waals surface area (Å²) in [6.07, 6.45) is 5.07. The van der Waals surface area contributed by atoms with Crippen LogP contribution in [0, 0.1) is 5.92 Å². The third kappa shape index (κ3) is 16.2. The first-order chi connectivity index (χ1) is 9.45. The summed E-state index contributed by atoms with van der Waals surface area (Å²) in [5.74, 6) is 1.69. The van der Waals surface area contributed by atoms with Gasteiger partial charge < -0.3 is 15.4 Å². The average molecular weight is 413 g/mol. The molecule has 0 amide bonds. The quantitative estimate of drug-likeness (QED) is 0.248. The maximum atomic E-state index is 5.51. The lowest BCUT2D eigenvalue weighted by Gasteiger charge is -2.18. The molecule has 0 aliphatic heterocycles. The van der Waals surface area contributed by atoms with E-state index in [2.05, 4.69) is 50.2 Å². The third-order valence-electron chi connectivity index (χ3n) is 3.09. The Bertz CT molecular complexity index is 258. The summed E-state index contributed by atoms with van der Waals surface area (Å²) in [7, 11) is 1.82. The van der Waals surface area contributed by atoms with E-state index in [1.165, 1.54) is 19.3 Å². The minimum absolute atomic E-state index is 0. The molecule has 0 saturated heterocycles. The van der Waals surface area contributed by atoms with Gasteiger partial charge in [-0.15, -0.1) is 24.0 Å². The number of aliphatic imine (C=N–C) groups is 1. The van der Waals surface area contributed by atoms with Crippen LogP contribution in [-0.2, 0) is 4.74 Å². The molecule has 0 aliphatic carbocycles. The van der Waals surface area contributed by atoms with Gasteiger partial charge in [0.05, 0.1) is 6.10 Å². The summed E-state index contributed by atoms with van der Waals surface area (Å²) in [6, 6.07) is 0.465.